The van der Waals surface area contributed by atoms with E-state index in [-0.39, 0.29) is 121 Å². The van der Waals surface area contributed by atoms with Crippen molar-refractivity contribution >= 4 is 35.6 Å². The summed E-state index contributed by atoms with van der Waals surface area (Å²) < 4.78 is 38.2. The second-order valence-corrected chi connectivity index (χ2v) is 31.6. The maximum absolute atomic E-state index is 14.1. The molecule has 4 fully saturated rings. The highest BCUT2D eigenvalue weighted by atomic mass is 16.6. The lowest BCUT2D eigenvalue weighted by molar-refractivity contribution is -0.140. The van der Waals surface area contributed by atoms with Crippen molar-refractivity contribution in [2.24, 2.45) is 36.8 Å². The van der Waals surface area contributed by atoms with E-state index in [1.807, 2.05) is 167 Å². The van der Waals surface area contributed by atoms with E-state index < -0.39 is 47.3 Å². The molecule has 0 aliphatic carbocycles. The highest BCUT2D eigenvalue weighted by Crippen LogP contribution is 2.39. The first-order valence-corrected chi connectivity index (χ1v) is 35.4. The molecule has 4 aromatic heterocycles. The monoisotopic (exact) mass is 1380 g/mol. The van der Waals surface area contributed by atoms with Gasteiger partial charge in [-0.2, -0.15) is 10.2 Å². The van der Waals surface area contributed by atoms with E-state index in [1.54, 1.807) is 34.3 Å². The molecule has 8 atom stereocenters. The minimum absolute atomic E-state index is 0.0703. The first-order valence-electron chi connectivity index (χ1n) is 35.4. The number of piperidine rings is 2. The molecule has 4 aliphatic heterocycles. The van der Waals surface area contributed by atoms with Crippen LogP contribution in [0.5, 0.6) is 11.8 Å². The van der Waals surface area contributed by atoms with Crippen LogP contribution in [0, 0.1) is 22.7 Å². The van der Waals surface area contributed by atoms with Gasteiger partial charge in [0.1, 0.15) is 23.0 Å². The van der Waals surface area contributed by atoms with Crippen LogP contribution in [0.4, 0.5) is 9.59 Å². The van der Waals surface area contributed by atoms with Crippen molar-refractivity contribution in [3.63, 3.8) is 0 Å². The van der Waals surface area contributed by atoms with Crippen molar-refractivity contribution in [3.05, 3.63) is 108 Å². The van der Waals surface area contributed by atoms with Gasteiger partial charge in [-0.1, -0.05) is 104 Å². The zero-order valence-electron chi connectivity index (χ0n) is 61.4. The summed E-state index contributed by atoms with van der Waals surface area (Å²) in [5.74, 6) is -1.28. The van der Waals surface area contributed by atoms with Crippen molar-refractivity contribution in [3.8, 4) is 34.3 Å². The Morgan fingerprint density at radius 1 is 0.540 bits per heavy atom. The topological polar surface area (TPSA) is 280 Å². The van der Waals surface area contributed by atoms with Gasteiger partial charge in [-0.25, -0.2) is 9.59 Å². The number of aromatic nitrogens is 6. The van der Waals surface area contributed by atoms with E-state index in [4.69, 9.17) is 28.0 Å². The Kier molecular flexibility index (Phi) is 24.0. The van der Waals surface area contributed by atoms with Gasteiger partial charge in [0.05, 0.1) is 48.9 Å². The Morgan fingerprint density at radius 3 is 1.18 bits per heavy atom. The largest absolute Gasteiger partial charge is 0.475 e. The first-order chi connectivity index (χ1) is 47.1. The zero-order chi connectivity index (χ0) is 72.8. The average molecular weight is 1380 g/mol. The van der Waals surface area contributed by atoms with Crippen LogP contribution in [0.15, 0.2) is 94.2 Å². The number of Topliss-reactive ketones (excluding diaryl/α,β-unsaturated/α-hetero) is 2. The number of amides is 4. The van der Waals surface area contributed by atoms with E-state index in [2.05, 4.69) is 34.4 Å². The summed E-state index contributed by atoms with van der Waals surface area (Å²) in [6.07, 6.45) is 5.20. The first kappa shape index (κ1) is 75.8. The van der Waals surface area contributed by atoms with E-state index in [0.29, 0.717) is 50.9 Å². The Hall–Kier alpha value is -8.38. The Morgan fingerprint density at radius 2 is 0.880 bits per heavy atom. The van der Waals surface area contributed by atoms with Gasteiger partial charge in [-0.05, 0) is 136 Å². The van der Waals surface area contributed by atoms with Gasteiger partial charge in [0, 0.05) is 114 Å². The van der Waals surface area contributed by atoms with Crippen LogP contribution in [0.1, 0.15) is 195 Å². The summed E-state index contributed by atoms with van der Waals surface area (Å²) in [4.78, 5) is 87.1. The van der Waals surface area contributed by atoms with Crippen LogP contribution in [0.3, 0.4) is 0 Å². The molecule has 0 bridgehead atoms. The van der Waals surface area contributed by atoms with E-state index in [9.17, 15) is 39.0 Å². The minimum atomic E-state index is -0.787. The van der Waals surface area contributed by atoms with Crippen molar-refractivity contribution in [2.75, 3.05) is 52.5 Å². The molecule has 0 spiro atoms. The summed E-state index contributed by atoms with van der Waals surface area (Å²) in [6, 6.07) is 22.0. The molecule has 10 rings (SSSR count). The maximum atomic E-state index is 14.1. The Balaban J connectivity index is 0.000000233. The SMILES string of the molecule is CC(C)[C@@H](C(=O)N1C[C@H](O)C[C@H]1C(=O)C[C@@H](C)c1ccc(-c2ccnn2C)cc1)c1cc(OCC2(C)CCN(C(=O)OC(C)(C)C)CC2)no1.CC(C)[C@H](C(=O)N1C[C@H](O)C[C@H]1C(=O)C[C@@H](C)c1ccc(-c2ccnn2C)cc1)c1cc(OCC2(C)CCN(C(=O)OC(C)(C)C)CC2)no1. The molecule has 4 amide bonds. The molecule has 2 N–H and O–H groups in total. The second kappa shape index (κ2) is 31.7. The Labute approximate surface area is 588 Å². The van der Waals surface area contributed by atoms with Crippen LogP contribution in [0.2, 0.25) is 0 Å². The number of benzene rings is 2. The van der Waals surface area contributed by atoms with Crippen LogP contribution >= 0.6 is 0 Å². The lowest BCUT2D eigenvalue weighted by Gasteiger charge is -2.39. The predicted octanol–water partition coefficient (Wildman–Crippen LogP) is 11.9. The molecule has 0 saturated carbocycles. The second-order valence-electron chi connectivity index (χ2n) is 31.6. The fourth-order valence-corrected chi connectivity index (χ4v) is 13.8. The molecule has 4 saturated heterocycles. The normalized spacial score (nSPS) is 20.5. The summed E-state index contributed by atoms with van der Waals surface area (Å²) >= 11 is 0. The molecule has 8 heterocycles. The number of carbonyl (C=O) groups is 6. The van der Waals surface area contributed by atoms with Gasteiger partial charge in [-0.3, -0.25) is 28.5 Å². The van der Waals surface area contributed by atoms with Crippen molar-refractivity contribution in [1.29, 1.82) is 0 Å². The van der Waals surface area contributed by atoms with Gasteiger partial charge in [0.2, 0.25) is 11.8 Å². The standard InChI is InChI=1S/2C38H53N5O7/c2*1-24(2)34(32-21-33(40-50-32)48-23-38(7)14-17-42(18-15-38)36(47)49-37(4,5)6)35(46)43-22-28(44)20-30(43)31(45)19-25(3)26-9-11-27(12-10-26)29-13-16-39-41(29)8/h2*9-13,16,21,24-25,28,30,34,44H,14-15,17-20,22-23H2,1-8H3/t25-,28-,30+,34+;25-,28-,30+,34-/m11/s1. The number of aryl methyl sites for hydroxylation is 2. The number of hydrogen-bond acceptors (Lipinski definition) is 18. The van der Waals surface area contributed by atoms with Gasteiger partial charge >= 0.3 is 12.2 Å². The molecule has 0 unspecified atom stereocenters. The number of aliphatic hydroxyl groups excluding tert-OH is 2. The van der Waals surface area contributed by atoms with Gasteiger partial charge in [0.15, 0.2) is 23.1 Å². The van der Waals surface area contributed by atoms with E-state index >= 15 is 0 Å². The van der Waals surface area contributed by atoms with Crippen LogP contribution in [-0.2, 0) is 42.7 Å². The van der Waals surface area contributed by atoms with Crippen molar-refractivity contribution < 1.29 is 67.0 Å². The van der Waals surface area contributed by atoms with Gasteiger partial charge < -0.3 is 57.8 Å². The van der Waals surface area contributed by atoms with Crippen LogP contribution < -0.4 is 9.47 Å². The lowest BCUT2D eigenvalue weighted by Crippen LogP contribution is -2.46. The summed E-state index contributed by atoms with van der Waals surface area (Å²) in [5, 5.41) is 38.0. The number of nitrogens with zero attached hydrogens (tertiary/aromatic N) is 10. The fraction of sp³-hybridized carbons (Fsp3) is 0.605. The molecule has 2 aromatic carbocycles. The van der Waals surface area contributed by atoms with Crippen LogP contribution in [0.25, 0.3) is 22.5 Å². The summed E-state index contributed by atoms with van der Waals surface area (Å²) in [7, 11) is 3.80. The highest BCUT2D eigenvalue weighted by molar-refractivity contribution is 5.93. The summed E-state index contributed by atoms with van der Waals surface area (Å²) in [5.41, 5.74) is 4.70. The fourth-order valence-electron chi connectivity index (χ4n) is 13.8. The number of rotatable bonds is 22. The number of hydrogen-bond donors (Lipinski definition) is 2. The van der Waals surface area contributed by atoms with Gasteiger partial charge in [0.25, 0.3) is 11.8 Å². The molecule has 24 heteroatoms. The molecular formula is C76H106N10O14. The lowest BCUT2D eigenvalue weighted by atomic mass is 9.81. The molecule has 4 aliphatic rings. The van der Waals surface area contributed by atoms with Crippen molar-refractivity contribution in [2.45, 2.75) is 207 Å². The third kappa shape index (κ3) is 19.2. The maximum Gasteiger partial charge on any atom is 0.410 e. The van der Waals surface area contributed by atoms with Gasteiger partial charge in [-0.15, -0.1) is 0 Å². The highest BCUT2D eigenvalue weighted by Gasteiger charge is 2.46. The third-order valence-corrected chi connectivity index (χ3v) is 19.9. The van der Waals surface area contributed by atoms with Crippen LogP contribution in [-0.4, -0.2) is 183 Å². The minimum Gasteiger partial charge on any atom is -0.475 e. The molecule has 544 valence electrons. The van der Waals surface area contributed by atoms with Crippen molar-refractivity contribution in [1.82, 2.24) is 49.5 Å². The number of ether oxygens (including phenoxy) is 4. The molecule has 24 nitrogen and oxygen atoms in total. The number of likely N-dealkylation sites (tertiary alicyclic amines) is 4. The predicted molar refractivity (Wildman–Crippen MR) is 375 cm³/mol. The van der Waals surface area contributed by atoms with E-state index in [0.717, 1.165) is 59.3 Å². The number of β-amino-alcohol motifs (C(OH)–C–C–N with tert-alkyl or cyclic N) is 2. The molecule has 0 radical (unpaired) electrons. The molecule has 6 aromatic rings. The number of aliphatic hydroxyl groups is 2. The molecular weight excluding hydrogens is 1280 g/mol. The smallest absolute Gasteiger partial charge is 0.410 e. The number of ketones is 2. The third-order valence-electron chi connectivity index (χ3n) is 19.9. The average Bonchev–Trinajstić information content (AvgIpc) is 1.62. The summed E-state index contributed by atoms with van der Waals surface area (Å²) in [6.45, 7) is 30.3. The quantitative estimate of drug-likeness (QED) is 0.0639. The Bertz CT molecular complexity index is 3500. The number of carbonyl (C=O) groups excluding carboxylic acids is 6. The van der Waals surface area contributed by atoms with E-state index in [1.165, 1.54) is 9.80 Å². The molecule has 100 heavy (non-hydrogen) atoms. The zero-order valence-corrected chi connectivity index (χ0v) is 61.4.